The first kappa shape index (κ1) is 21.8. The number of amides is 1. The topological polar surface area (TPSA) is 73.9 Å². The van der Waals surface area contributed by atoms with E-state index in [1.165, 1.54) is 14.2 Å². The van der Waals surface area contributed by atoms with Crippen LogP contribution in [0.1, 0.15) is 42.2 Å². The highest BCUT2D eigenvalue weighted by molar-refractivity contribution is 9.10. The molecule has 0 radical (unpaired) electrons. The lowest BCUT2D eigenvalue weighted by Crippen LogP contribution is -2.31. The Bertz CT molecular complexity index is 798. The van der Waals surface area contributed by atoms with E-state index in [0.29, 0.717) is 21.5 Å². The van der Waals surface area contributed by atoms with E-state index in [2.05, 4.69) is 21.2 Å². The van der Waals surface area contributed by atoms with E-state index in [-0.39, 0.29) is 24.4 Å². The second-order valence-corrected chi connectivity index (χ2v) is 7.17. The van der Waals surface area contributed by atoms with Crippen LogP contribution in [0.2, 0.25) is 0 Å². The normalized spacial score (nSPS) is 11.6. The summed E-state index contributed by atoms with van der Waals surface area (Å²) in [5.41, 5.74) is 1.17. The number of esters is 1. The molecule has 2 aromatic rings. The number of ether oxygens (including phenoxy) is 3. The molecular weight excluding hydrogens is 426 g/mol. The second kappa shape index (κ2) is 10.1. The van der Waals surface area contributed by atoms with Crippen LogP contribution in [0, 0.1) is 0 Å². The Morgan fingerprint density at radius 3 is 2.11 bits per heavy atom. The van der Waals surface area contributed by atoms with Crippen molar-refractivity contribution < 1.29 is 23.8 Å². The van der Waals surface area contributed by atoms with Gasteiger partial charge in [0.25, 0.3) is 5.91 Å². The van der Waals surface area contributed by atoms with Crippen LogP contribution in [0.5, 0.6) is 11.5 Å². The zero-order chi connectivity index (χ0) is 20.7. The molecule has 0 saturated heterocycles. The van der Waals surface area contributed by atoms with Crippen molar-refractivity contribution in [2.75, 3.05) is 14.2 Å². The smallest absolute Gasteiger partial charge is 0.308 e. The Kier molecular flexibility index (Phi) is 7.87. The molecule has 0 aromatic heterocycles. The van der Waals surface area contributed by atoms with Crippen LogP contribution in [0.25, 0.3) is 0 Å². The number of hydrogen-bond donors (Lipinski definition) is 1. The monoisotopic (exact) mass is 449 g/mol. The van der Waals surface area contributed by atoms with Crippen molar-refractivity contribution in [3.05, 3.63) is 58.1 Å². The number of rotatable bonds is 8. The Hall–Kier alpha value is -2.54. The average Bonchev–Trinajstić information content (AvgIpc) is 2.67. The first-order chi connectivity index (χ1) is 13.3. The first-order valence-electron chi connectivity index (χ1n) is 8.82. The van der Waals surface area contributed by atoms with Crippen molar-refractivity contribution >= 4 is 27.8 Å². The summed E-state index contributed by atoms with van der Waals surface area (Å²) in [6.07, 6.45) is -0.196. The van der Waals surface area contributed by atoms with Crippen LogP contribution in [-0.2, 0) is 9.53 Å². The number of methoxy groups -OCH3 is 2. The first-order valence-corrected chi connectivity index (χ1v) is 9.61. The molecule has 1 unspecified atom stereocenters. The van der Waals surface area contributed by atoms with Gasteiger partial charge in [-0.15, -0.1) is 0 Å². The van der Waals surface area contributed by atoms with Gasteiger partial charge in [0.15, 0.2) is 0 Å². The van der Waals surface area contributed by atoms with Crippen molar-refractivity contribution in [3.8, 4) is 11.5 Å². The Morgan fingerprint density at radius 2 is 1.61 bits per heavy atom. The van der Waals surface area contributed by atoms with Gasteiger partial charge in [-0.1, -0.05) is 30.3 Å². The molecule has 1 amide bonds. The molecule has 150 valence electrons. The lowest BCUT2D eigenvalue weighted by atomic mass is 10.0. The molecule has 0 bridgehead atoms. The molecule has 2 rings (SSSR count). The molecule has 0 aliphatic rings. The van der Waals surface area contributed by atoms with Crippen LogP contribution in [0.4, 0.5) is 0 Å². The minimum atomic E-state index is -0.527. The number of hydrogen-bond acceptors (Lipinski definition) is 5. The Labute approximate surface area is 173 Å². The lowest BCUT2D eigenvalue weighted by molar-refractivity contribution is -0.147. The minimum Gasteiger partial charge on any atom is -0.495 e. The highest BCUT2D eigenvalue weighted by atomic mass is 79.9. The molecule has 0 saturated carbocycles. The largest absolute Gasteiger partial charge is 0.495 e. The summed E-state index contributed by atoms with van der Waals surface area (Å²) in [4.78, 5) is 25.1. The molecule has 0 fully saturated rings. The van der Waals surface area contributed by atoms with Crippen LogP contribution in [-0.4, -0.2) is 32.2 Å². The SMILES string of the molecule is COc1cc(C(=O)NC(CC(=O)OC(C)C)c2ccccc2)cc(OC)c1Br. The molecule has 0 spiro atoms. The predicted molar refractivity (Wildman–Crippen MR) is 110 cm³/mol. The zero-order valence-electron chi connectivity index (χ0n) is 16.3. The molecule has 0 aliphatic heterocycles. The third-order valence-electron chi connectivity index (χ3n) is 3.95. The summed E-state index contributed by atoms with van der Waals surface area (Å²) in [6, 6.07) is 12.0. The number of carbonyl (C=O) groups is 2. The molecule has 0 aliphatic carbocycles. The van der Waals surface area contributed by atoms with Crippen molar-refractivity contribution in [3.63, 3.8) is 0 Å². The molecule has 1 N–H and O–H groups in total. The third kappa shape index (κ3) is 5.73. The van der Waals surface area contributed by atoms with Crippen LogP contribution in [0.15, 0.2) is 46.9 Å². The van der Waals surface area contributed by atoms with Crippen LogP contribution in [0.3, 0.4) is 0 Å². The van der Waals surface area contributed by atoms with Gasteiger partial charge in [0.05, 0.1) is 32.8 Å². The van der Waals surface area contributed by atoms with Gasteiger partial charge in [-0.2, -0.15) is 0 Å². The van der Waals surface area contributed by atoms with Crippen molar-refractivity contribution in [1.29, 1.82) is 0 Å². The van der Waals surface area contributed by atoms with E-state index < -0.39 is 6.04 Å². The van der Waals surface area contributed by atoms with Gasteiger partial charge in [0.1, 0.15) is 16.0 Å². The summed E-state index contributed by atoms with van der Waals surface area (Å²) in [6.45, 7) is 3.57. The summed E-state index contributed by atoms with van der Waals surface area (Å²) >= 11 is 3.39. The molecule has 7 heteroatoms. The van der Waals surface area contributed by atoms with Crippen molar-refractivity contribution in [2.45, 2.75) is 32.4 Å². The maximum atomic E-state index is 12.9. The molecule has 0 heterocycles. The maximum absolute atomic E-state index is 12.9. The highest BCUT2D eigenvalue weighted by Crippen LogP contribution is 2.35. The summed E-state index contributed by atoms with van der Waals surface area (Å²) in [7, 11) is 3.02. The number of nitrogens with one attached hydrogen (secondary N) is 1. The Balaban J connectivity index is 2.28. The standard InChI is InChI=1S/C21H24BrNO5/c1-13(2)28-19(24)12-16(14-8-6-5-7-9-14)23-21(25)15-10-17(26-3)20(22)18(11-15)27-4/h5-11,13,16H,12H2,1-4H3,(H,23,25). The number of halogens is 1. The summed E-state index contributed by atoms with van der Waals surface area (Å²) in [5, 5.41) is 2.91. The van der Waals surface area contributed by atoms with Gasteiger partial charge in [0, 0.05) is 5.56 Å². The van der Waals surface area contributed by atoms with Gasteiger partial charge in [-0.3, -0.25) is 9.59 Å². The van der Waals surface area contributed by atoms with E-state index >= 15 is 0 Å². The predicted octanol–water partition coefficient (Wildman–Crippen LogP) is 4.28. The maximum Gasteiger partial charge on any atom is 0.308 e. The summed E-state index contributed by atoms with van der Waals surface area (Å²) in [5.74, 6) is 0.213. The van der Waals surface area contributed by atoms with Crippen molar-refractivity contribution in [1.82, 2.24) is 5.32 Å². The fourth-order valence-electron chi connectivity index (χ4n) is 2.66. The molecule has 1 atom stereocenters. The molecular formula is C21H24BrNO5. The fourth-order valence-corrected chi connectivity index (χ4v) is 3.21. The molecule has 6 nitrogen and oxygen atoms in total. The van der Waals surface area contributed by atoms with Gasteiger partial charge in [0.2, 0.25) is 0 Å². The van der Waals surface area contributed by atoms with E-state index in [1.54, 1.807) is 26.0 Å². The van der Waals surface area contributed by atoms with E-state index in [9.17, 15) is 9.59 Å². The van der Waals surface area contributed by atoms with Crippen LogP contribution >= 0.6 is 15.9 Å². The van der Waals surface area contributed by atoms with Crippen LogP contribution < -0.4 is 14.8 Å². The fraction of sp³-hybridized carbons (Fsp3) is 0.333. The van der Waals surface area contributed by atoms with Gasteiger partial charge in [-0.25, -0.2) is 0 Å². The van der Waals surface area contributed by atoms with Crippen molar-refractivity contribution in [2.24, 2.45) is 0 Å². The number of benzene rings is 2. The van der Waals surface area contributed by atoms with Gasteiger partial charge < -0.3 is 19.5 Å². The highest BCUT2D eigenvalue weighted by Gasteiger charge is 2.22. The lowest BCUT2D eigenvalue weighted by Gasteiger charge is -2.20. The molecule has 2 aromatic carbocycles. The quantitative estimate of drug-likeness (QED) is 0.608. The van der Waals surface area contributed by atoms with Gasteiger partial charge >= 0.3 is 5.97 Å². The van der Waals surface area contributed by atoms with Gasteiger partial charge in [-0.05, 0) is 47.5 Å². The minimum absolute atomic E-state index is 0.0265. The molecule has 28 heavy (non-hydrogen) atoms. The summed E-state index contributed by atoms with van der Waals surface area (Å²) < 4.78 is 16.5. The van der Waals surface area contributed by atoms with E-state index in [4.69, 9.17) is 14.2 Å². The third-order valence-corrected chi connectivity index (χ3v) is 4.73. The van der Waals surface area contributed by atoms with E-state index in [1.807, 2.05) is 30.3 Å². The second-order valence-electron chi connectivity index (χ2n) is 6.37. The Morgan fingerprint density at radius 1 is 1.04 bits per heavy atom. The van der Waals surface area contributed by atoms with E-state index in [0.717, 1.165) is 5.56 Å². The average molecular weight is 450 g/mol. The number of carbonyl (C=O) groups excluding carboxylic acids is 2. The zero-order valence-corrected chi connectivity index (χ0v) is 17.9.